The van der Waals surface area contributed by atoms with Gasteiger partial charge in [-0.1, -0.05) is 0 Å². The van der Waals surface area contributed by atoms with Crippen LogP contribution in [0, 0.1) is 0 Å². The molecular formula is C15H19N3O3. The van der Waals surface area contributed by atoms with Gasteiger partial charge in [0.05, 0.1) is 7.11 Å². The van der Waals surface area contributed by atoms with Crippen LogP contribution in [-0.4, -0.2) is 41.5 Å². The van der Waals surface area contributed by atoms with Gasteiger partial charge in [-0.15, -0.1) is 0 Å². The van der Waals surface area contributed by atoms with Gasteiger partial charge in [-0.2, -0.15) is 0 Å². The third kappa shape index (κ3) is 3.16. The van der Waals surface area contributed by atoms with Gasteiger partial charge in [0.25, 0.3) is 5.91 Å². The molecule has 0 atom stereocenters. The topological polar surface area (TPSA) is 88.4 Å². The first-order valence-electron chi connectivity index (χ1n) is 6.68. The molecule has 0 aliphatic rings. The summed E-state index contributed by atoms with van der Waals surface area (Å²) in [6.07, 6.45) is 0. The predicted octanol–water partition coefficient (Wildman–Crippen LogP) is 1.77. The SMILES string of the molecule is COC(=O)CN(C(=O)c1cc2cc(N)ccc2[nH]1)C(C)C. The fourth-order valence-electron chi connectivity index (χ4n) is 2.11. The standard InChI is InChI=1S/C15H19N3O3/c1-9(2)18(8-14(19)21-3)15(20)13-7-10-6-11(16)4-5-12(10)17-13/h4-7,9,17H,8,16H2,1-3H3. The number of benzene rings is 1. The molecule has 112 valence electrons. The molecule has 2 rings (SSSR count). The number of esters is 1. The lowest BCUT2D eigenvalue weighted by Gasteiger charge is -2.24. The van der Waals surface area contributed by atoms with E-state index in [0.717, 1.165) is 10.9 Å². The van der Waals surface area contributed by atoms with Crippen molar-refractivity contribution in [1.82, 2.24) is 9.88 Å². The minimum absolute atomic E-state index is 0.0789. The van der Waals surface area contributed by atoms with Gasteiger partial charge in [-0.25, -0.2) is 0 Å². The van der Waals surface area contributed by atoms with Gasteiger partial charge >= 0.3 is 5.97 Å². The highest BCUT2D eigenvalue weighted by molar-refractivity contribution is 5.99. The van der Waals surface area contributed by atoms with E-state index in [-0.39, 0.29) is 18.5 Å². The van der Waals surface area contributed by atoms with E-state index in [1.165, 1.54) is 12.0 Å². The van der Waals surface area contributed by atoms with Crippen LogP contribution in [0.2, 0.25) is 0 Å². The van der Waals surface area contributed by atoms with Gasteiger partial charge in [-0.05, 0) is 38.1 Å². The van der Waals surface area contributed by atoms with Crippen LogP contribution in [-0.2, 0) is 9.53 Å². The Balaban J connectivity index is 2.31. The molecule has 1 aromatic carbocycles. The Bertz CT molecular complexity index is 676. The summed E-state index contributed by atoms with van der Waals surface area (Å²) in [5.41, 5.74) is 7.62. The van der Waals surface area contributed by atoms with Crippen molar-refractivity contribution in [3.8, 4) is 0 Å². The average molecular weight is 289 g/mol. The first-order valence-corrected chi connectivity index (χ1v) is 6.68. The Morgan fingerprint density at radius 1 is 1.33 bits per heavy atom. The van der Waals surface area contributed by atoms with Crippen LogP contribution in [0.15, 0.2) is 24.3 Å². The van der Waals surface area contributed by atoms with Gasteiger partial charge < -0.3 is 20.4 Å². The predicted molar refractivity (Wildman–Crippen MR) is 80.9 cm³/mol. The first-order chi connectivity index (χ1) is 9.92. The number of carbonyl (C=O) groups excluding carboxylic acids is 2. The van der Waals surface area contributed by atoms with Crippen LogP contribution < -0.4 is 5.73 Å². The number of aromatic amines is 1. The van der Waals surface area contributed by atoms with E-state index < -0.39 is 5.97 Å². The van der Waals surface area contributed by atoms with Crippen molar-refractivity contribution >= 4 is 28.5 Å². The van der Waals surface area contributed by atoms with Gasteiger partial charge in [0.1, 0.15) is 12.2 Å². The number of fused-ring (bicyclic) bond motifs is 1. The number of methoxy groups -OCH3 is 1. The van der Waals surface area contributed by atoms with Crippen LogP contribution in [0.25, 0.3) is 10.9 Å². The molecule has 0 saturated carbocycles. The quantitative estimate of drug-likeness (QED) is 0.663. The Labute approximate surface area is 122 Å². The maximum Gasteiger partial charge on any atom is 0.325 e. The minimum Gasteiger partial charge on any atom is -0.468 e. The minimum atomic E-state index is -0.447. The molecule has 3 N–H and O–H groups in total. The summed E-state index contributed by atoms with van der Waals surface area (Å²) in [5, 5.41) is 0.861. The highest BCUT2D eigenvalue weighted by Gasteiger charge is 2.23. The molecule has 1 amide bonds. The Kier molecular flexibility index (Phi) is 4.16. The normalized spacial score (nSPS) is 10.9. The molecule has 0 unspecified atom stereocenters. The number of nitrogen functional groups attached to an aromatic ring is 1. The summed E-state index contributed by atoms with van der Waals surface area (Å²) in [7, 11) is 1.30. The van der Waals surface area contributed by atoms with Crippen LogP contribution >= 0.6 is 0 Å². The zero-order valence-electron chi connectivity index (χ0n) is 12.3. The van der Waals surface area contributed by atoms with Gasteiger partial charge in [0.2, 0.25) is 0 Å². The molecule has 0 radical (unpaired) electrons. The Morgan fingerprint density at radius 2 is 2.05 bits per heavy atom. The number of aromatic nitrogens is 1. The number of ether oxygens (including phenoxy) is 1. The number of nitrogens with zero attached hydrogens (tertiary/aromatic N) is 1. The molecule has 1 aromatic heterocycles. The summed E-state index contributed by atoms with van der Waals surface area (Å²) >= 11 is 0. The summed E-state index contributed by atoms with van der Waals surface area (Å²) in [5.74, 6) is -0.692. The van der Waals surface area contributed by atoms with Crippen LogP contribution in [0.5, 0.6) is 0 Å². The first kappa shape index (κ1) is 14.9. The molecule has 0 bridgehead atoms. The third-order valence-corrected chi connectivity index (χ3v) is 3.29. The Morgan fingerprint density at radius 3 is 2.67 bits per heavy atom. The van der Waals surface area contributed by atoms with Gasteiger partial charge in [0.15, 0.2) is 0 Å². The summed E-state index contributed by atoms with van der Waals surface area (Å²) in [4.78, 5) is 28.5. The molecule has 0 spiro atoms. The lowest BCUT2D eigenvalue weighted by Crippen LogP contribution is -2.41. The number of H-pyrrole nitrogens is 1. The van der Waals surface area contributed by atoms with Crippen molar-refractivity contribution in [2.75, 3.05) is 19.4 Å². The second-order valence-electron chi connectivity index (χ2n) is 5.13. The van der Waals surface area contributed by atoms with Crippen molar-refractivity contribution in [2.24, 2.45) is 0 Å². The third-order valence-electron chi connectivity index (χ3n) is 3.29. The molecule has 2 aromatic rings. The van der Waals surface area contributed by atoms with Crippen LogP contribution in [0.1, 0.15) is 24.3 Å². The highest BCUT2D eigenvalue weighted by atomic mass is 16.5. The average Bonchev–Trinajstić information content (AvgIpc) is 2.86. The lowest BCUT2D eigenvalue weighted by atomic mass is 10.2. The molecular weight excluding hydrogens is 270 g/mol. The fourth-order valence-corrected chi connectivity index (χ4v) is 2.11. The fraction of sp³-hybridized carbons (Fsp3) is 0.333. The maximum absolute atomic E-state index is 12.5. The van der Waals surface area contributed by atoms with Crippen molar-refractivity contribution in [2.45, 2.75) is 19.9 Å². The molecule has 21 heavy (non-hydrogen) atoms. The summed E-state index contributed by atoms with van der Waals surface area (Å²) < 4.78 is 4.63. The van der Waals surface area contributed by atoms with E-state index in [2.05, 4.69) is 9.72 Å². The number of carbonyl (C=O) groups is 2. The molecule has 6 nitrogen and oxygen atoms in total. The van der Waals surface area contributed by atoms with E-state index >= 15 is 0 Å². The van der Waals surface area contributed by atoms with Gasteiger partial charge in [0, 0.05) is 22.6 Å². The number of nitrogens with one attached hydrogen (secondary N) is 1. The van der Waals surface area contributed by atoms with E-state index in [4.69, 9.17) is 5.73 Å². The summed E-state index contributed by atoms with van der Waals surface area (Å²) in [6.45, 7) is 3.62. The number of hydrogen-bond acceptors (Lipinski definition) is 4. The van der Waals surface area contributed by atoms with Crippen molar-refractivity contribution in [1.29, 1.82) is 0 Å². The number of amides is 1. The summed E-state index contributed by atoms with van der Waals surface area (Å²) in [6, 6.07) is 7.00. The second-order valence-corrected chi connectivity index (χ2v) is 5.13. The molecule has 0 aliphatic heterocycles. The molecule has 0 fully saturated rings. The highest BCUT2D eigenvalue weighted by Crippen LogP contribution is 2.20. The largest absolute Gasteiger partial charge is 0.468 e. The van der Waals surface area contributed by atoms with E-state index in [0.29, 0.717) is 11.4 Å². The van der Waals surface area contributed by atoms with Crippen molar-refractivity contribution in [3.05, 3.63) is 30.0 Å². The van der Waals surface area contributed by atoms with Crippen molar-refractivity contribution in [3.63, 3.8) is 0 Å². The molecule has 1 heterocycles. The number of hydrogen-bond donors (Lipinski definition) is 2. The number of nitrogens with two attached hydrogens (primary N) is 1. The molecule has 0 saturated heterocycles. The van der Waals surface area contributed by atoms with Crippen LogP contribution in [0.3, 0.4) is 0 Å². The monoisotopic (exact) mass is 289 g/mol. The molecule has 6 heteroatoms. The van der Waals surface area contributed by atoms with Crippen molar-refractivity contribution < 1.29 is 14.3 Å². The zero-order chi connectivity index (χ0) is 15.6. The number of rotatable bonds is 4. The van der Waals surface area contributed by atoms with E-state index in [1.807, 2.05) is 19.9 Å². The maximum atomic E-state index is 12.5. The second kappa shape index (κ2) is 5.87. The van der Waals surface area contributed by atoms with Crippen LogP contribution in [0.4, 0.5) is 5.69 Å². The molecule has 0 aliphatic carbocycles. The smallest absolute Gasteiger partial charge is 0.325 e. The Hall–Kier alpha value is -2.50. The van der Waals surface area contributed by atoms with E-state index in [9.17, 15) is 9.59 Å². The van der Waals surface area contributed by atoms with E-state index in [1.54, 1.807) is 18.2 Å². The number of anilines is 1. The van der Waals surface area contributed by atoms with Gasteiger partial charge in [-0.3, -0.25) is 9.59 Å². The lowest BCUT2D eigenvalue weighted by molar-refractivity contribution is -0.141. The zero-order valence-corrected chi connectivity index (χ0v) is 12.3.